The molecule has 0 aliphatic carbocycles. The number of hydrogen-bond acceptors (Lipinski definition) is 6. The fraction of sp³-hybridized carbons (Fsp3) is 0.750. The summed E-state index contributed by atoms with van der Waals surface area (Å²) >= 11 is 3.09. The average molecular weight is 288 g/mol. The Morgan fingerprint density at radius 1 is 1.33 bits per heavy atom. The molecule has 3 N–H and O–H groups in total. The molecule has 0 unspecified atom stereocenters. The van der Waals surface area contributed by atoms with Crippen molar-refractivity contribution in [3.05, 3.63) is 0 Å². The molecular formula is C12H24N4S2. The van der Waals surface area contributed by atoms with Gasteiger partial charge in [-0.1, -0.05) is 0 Å². The molecule has 0 spiro atoms. The molecule has 0 bridgehead atoms. The van der Waals surface area contributed by atoms with Gasteiger partial charge in [0.15, 0.2) is 5.82 Å². The Hall–Kier alpha value is -0.460. The summed E-state index contributed by atoms with van der Waals surface area (Å²) in [5, 5.41) is 4.53. The summed E-state index contributed by atoms with van der Waals surface area (Å²) in [5.41, 5.74) is 5.81. The molecule has 0 atom stereocenters. The lowest BCUT2D eigenvalue weighted by molar-refractivity contribution is 0.182. The molecule has 1 heterocycles. The van der Waals surface area contributed by atoms with E-state index in [9.17, 15) is 0 Å². The second-order valence-electron chi connectivity index (χ2n) is 4.78. The van der Waals surface area contributed by atoms with Crippen molar-refractivity contribution in [2.75, 3.05) is 30.4 Å². The third-order valence-corrected chi connectivity index (χ3v) is 4.63. The Balaban J connectivity index is 2.50. The largest absolute Gasteiger partial charge is 0.382 e. The van der Waals surface area contributed by atoms with E-state index >= 15 is 0 Å². The minimum Gasteiger partial charge on any atom is -0.382 e. The first-order chi connectivity index (χ1) is 8.47. The third-order valence-electron chi connectivity index (χ3n) is 2.86. The molecule has 0 saturated carbocycles. The van der Waals surface area contributed by atoms with Crippen LogP contribution in [0.15, 0.2) is 4.90 Å². The molecule has 0 aliphatic rings. The van der Waals surface area contributed by atoms with Gasteiger partial charge in [-0.2, -0.15) is 4.37 Å². The molecule has 6 heteroatoms. The van der Waals surface area contributed by atoms with Crippen LogP contribution < -0.4 is 11.1 Å². The molecule has 1 rings (SSSR count). The van der Waals surface area contributed by atoms with E-state index in [2.05, 4.69) is 42.3 Å². The van der Waals surface area contributed by atoms with E-state index in [-0.39, 0.29) is 0 Å². The summed E-state index contributed by atoms with van der Waals surface area (Å²) in [6, 6.07) is 1.14. The van der Waals surface area contributed by atoms with E-state index in [0.717, 1.165) is 23.0 Å². The van der Waals surface area contributed by atoms with Crippen LogP contribution in [0, 0.1) is 0 Å². The van der Waals surface area contributed by atoms with Crippen molar-refractivity contribution in [1.82, 2.24) is 9.27 Å². The second kappa shape index (κ2) is 7.21. The Kier molecular flexibility index (Phi) is 6.25. The zero-order chi connectivity index (χ0) is 13.7. The summed E-state index contributed by atoms with van der Waals surface area (Å²) in [4.78, 5) is 3.54. The van der Waals surface area contributed by atoms with Gasteiger partial charge in [-0.3, -0.25) is 4.90 Å². The van der Waals surface area contributed by atoms with Gasteiger partial charge in [-0.25, -0.2) is 0 Å². The van der Waals surface area contributed by atoms with Crippen molar-refractivity contribution >= 4 is 34.1 Å². The fourth-order valence-corrected chi connectivity index (χ4v) is 3.58. The highest BCUT2D eigenvalue weighted by molar-refractivity contribution is 7.99. The number of nitrogens with zero attached hydrogens (tertiary/aromatic N) is 2. The normalized spacial score (nSPS) is 11.8. The lowest BCUT2D eigenvalue weighted by atomic mass is 10.2. The Morgan fingerprint density at radius 2 is 1.94 bits per heavy atom. The molecule has 1 aromatic rings. The molecule has 18 heavy (non-hydrogen) atoms. The first-order valence-corrected chi connectivity index (χ1v) is 8.26. The van der Waals surface area contributed by atoms with Crippen molar-refractivity contribution in [1.29, 1.82) is 0 Å². The zero-order valence-corrected chi connectivity index (χ0v) is 13.5. The maximum absolute atomic E-state index is 5.81. The number of aromatic nitrogens is 1. The van der Waals surface area contributed by atoms with Crippen LogP contribution in [0.25, 0.3) is 0 Å². The first-order valence-electron chi connectivity index (χ1n) is 6.26. The van der Waals surface area contributed by atoms with Gasteiger partial charge in [0.05, 0.1) is 4.90 Å². The highest BCUT2D eigenvalue weighted by Crippen LogP contribution is 2.34. The molecule has 104 valence electrons. The molecule has 0 aliphatic heterocycles. The van der Waals surface area contributed by atoms with Gasteiger partial charge >= 0.3 is 0 Å². The van der Waals surface area contributed by atoms with Crippen LogP contribution in [0.5, 0.6) is 0 Å². The maximum Gasteiger partial charge on any atom is 0.153 e. The van der Waals surface area contributed by atoms with Crippen molar-refractivity contribution in [2.45, 2.75) is 44.7 Å². The highest BCUT2D eigenvalue weighted by atomic mass is 32.2. The first kappa shape index (κ1) is 15.6. The smallest absolute Gasteiger partial charge is 0.153 e. The Morgan fingerprint density at radius 3 is 2.44 bits per heavy atom. The van der Waals surface area contributed by atoms with Crippen molar-refractivity contribution in [2.24, 2.45) is 0 Å². The van der Waals surface area contributed by atoms with E-state index in [4.69, 9.17) is 5.73 Å². The molecule has 0 radical (unpaired) electrons. The lowest BCUT2D eigenvalue weighted by Gasteiger charge is -2.30. The predicted octanol–water partition coefficient (Wildman–Crippen LogP) is 2.98. The third kappa shape index (κ3) is 4.03. The minimum atomic E-state index is 0.568. The minimum absolute atomic E-state index is 0.568. The van der Waals surface area contributed by atoms with Crippen LogP contribution >= 0.6 is 23.3 Å². The molecule has 0 saturated heterocycles. The zero-order valence-electron chi connectivity index (χ0n) is 11.9. The number of nitrogens with one attached hydrogen (secondary N) is 1. The molecular weight excluding hydrogens is 264 g/mol. The summed E-state index contributed by atoms with van der Waals surface area (Å²) in [7, 11) is 0. The van der Waals surface area contributed by atoms with Gasteiger partial charge in [-0.05, 0) is 45.5 Å². The number of anilines is 2. The van der Waals surface area contributed by atoms with Crippen LogP contribution in [0.1, 0.15) is 27.7 Å². The molecule has 0 amide bonds. The summed E-state index contributed by atoms with van der Waals surface area (Å²) in [6.45, 7) is 10.9. The topological polar surface area (TPSA) is 54.2 Å². The average Bonchev–Trinajstić information content (AvgIpc) is 2.64. The van der Waals surface area contributed by atoms with E-state index in [1.54, 1.807) is 11.8 Å². The van der Waals surface area contributed by atoms with Crippen LogP contribution in [-0.2, 0) is 0 Å². The van der Waals surface area contributed by atoms with E-state index in [0.29, 0.717) is 17.9 Å². The highest BCUT2D eigenvalue weighted by Gasteiger charge is 2.14. The summed E-state index contributed by atoms with van der Waals surface area (Å²) in [5.74, 6) is 0.638. The van der Waals surface area contributed by atoms with Crippen LogP contribution in [0.4, 0.5) is 10.8 Å². The van der Waals surface area contributed by atoms with E-state index < -0.39 is 0 Å². The van der Waals surface area contributed by atoms with Crippen LogP contribution in [0.3, 0.4) is 0 Å². The Bertz CT molecular complexity index is 355. The molecule has 0 aromatic carbocycles. The predicted molar refractivity (Wildman–Crippen MR) is 83.8 cm³/mol. The van der Waals surface area contributed by atoms with Gasteiger partial charge in [0.1, 0.15) is 5.00 Å². The number of nitrogens with two attached hydrogens (primary N) is 1. The maximum atomic E-state index is 5.81. The van der Waals surface area contributed by atoms with Gasteiger partial charge in [0, 0.05) is 25.2 Å². The number of hydrogen-bond donors (Lipinski definition) is 2. The SMILES string of the molecule is CSc1c(N)nsc1NCCN(C(C)C)C(C)C. The van der Waals surface area contributed by atoms with Gasteiger partial charge in [-0.15, -0.1) is 11.8 Å². The van der Waals surface area contributed by atoms with Crippen LogP contribution in [-0.4, -0.2) is 40.7 Å². The number of thioether (sulfide) groups is 1. The van der Waals surface area contributed by atoms with Crippen molar-refractivity contribution in [3.8, 4) is 0 Å². The van der Waals surface area contributed by atoms with Gasteiger partial charge < -0.3 is 11.1 Å². The second-order valence-corrected chi connectivity index (χ2v) is 6.37. The molecule has 0 fully saturated rings. The number of rotatable bonds is 7. The number of nitrogen functional groups attached to an aromatic ring is 1. The van der Waals surface area contributed by atoms with Gasteiger partial charge in [0.25, 0.3) is 0 Å². The summed E-state index contributed by atoms with van der Waals surface area (Å²) < 4.78 is 4.18. The van der Waals surface area contributed by atoms with Crippen molar-refractivity contribution in [3.63, 3.8) is 0 Å². The fourth-order valence-electron chi connectivity index (χ4n) is 2.02. The molecule has 1 aromatic heterocycles. The molecule has 4 nitrogen and oxygen atoms in total. The lowest BCUT2D eigenvalue weighted by Crippen LogP contribution is -2.40. The van der Waals surface area contributed by atoms with Crippen LogP contribution in [0.2, 0.25) is 0 Å². The van der Waals surface area contributed by atoms with Gasteiger partial charge in [0.2, 0.25) is 0 Å². The van der Waals surface area contributed by atoms with Crippen molar-refractivity contribution < 1.29 is 0 Å². The monoisotopic (exact) mass is 288 g/mol. The standard InChI is InChI=1S/C12H24N4S2/c1-8(2)16(9(3)4)7-6-14-12-10(17-5)11(13)15-18-12/h8-9,14H,6-7H2,1-5H3,(H2,13,15). The van der Waals surface area contributed by atoms with E-state index in [1.807, 2.05) is 6.26 Å². The van der Waals surface area contributed by atoms with E-state index in [1.165, 1.54) is 11.5 Å². The Labute approximate surface area is 118 Å². The quantitative estimate of drug-likeness (QED) is 0.756. The summed E-state index contributed by atoms with van der Waals surface area (Å²) in [6.07, 6.45) is 2.03.